The summed E-state index contributed by atoms with van der Waals surface area (Å²) >= 11 is 1.42. The molecule has 0 atom stereocenters. The number of thiophene rings is 1. The van der Waals surface area contributed by atoms with Gasteiger partial charge in [0.15, 0.2) is 0 Å². The molecule has 6 heteroatoms. The highest BCUT2D eigenvalue weighted by molar-refractivity contribution is 7.12. The van der Waals surface area contributed by atoms with Crippen molar-refractivity contribution in [1.82, 2.24) is 9.80 Å². The summed E-state index contributed by atoms with van der Waals surface area (Å²) in [5.41, 5.74) is 0.472. The topological polar surface area (TPSA) is 40.6 Å². The van der Waals surface area contributed by atoms with E-state index in [1.807, 2.05) is 17.5 Å². The summed E-state index contributed by atoms with van der Waals surface area (Å²) in [6, 6.07) is 9.20. The Balaban J connectivity index is 1.60. The number of hydrogen-bond acceptors (Lipinski definition) is 3. The van der Waals surface area contributed by atoms with Crippen LogP contribution in [0.15, 0.2) is 41.8 Å². The van der Waals surface area contributed by atoms with Crippen molar-refractivity contribution in [3.05, 3.63) is 58.0 Å². The fraction of sp³-hybridized carbons (Fsp3) is 0.250. The van der Waals surface area contributed by atoms with Gasteiger partial charge in [0.2, 0.25) is 0 Å². The van der Waals surface area contributed by atoms with Crippen molar-refractivity contribution in [1.29, 1.82) is 0 Å². The number of carbonyl (C=O) groups is 2. The molecular formula is C16H15FN2O2S. The van der Waals surface area contributed by atoms with Crippen molar-refractivity contribution in [3.8, 4) is 0 Å². The third-order valence-corrected chi connectivity index (χ3v) is 4.54. The SMILES string of the molecule is O=C(c1ccc(F)cc1)N1CCN(C(=O)c2cccs2)CC1. The van der Waals surface area contributed by atoms with Gasteiger partial charge in [-0.1, -0.05) is 6.07 Å². The summed E-state index contributed by atoms with van der Waals surface area (Å²) in [5, 5.41) is 1.88. The van der Waals surface area contributed by atoms with E-state index in [1.165, 1.54) is 35.6 Å². The van der Waals surface area contributed by atoms with Gasteiger partial charge in [0.25, 0.3) is 11.8 Å². The van der Waals surface area contributed by atoms with Crippen LogP contribution in [-0.2, 0) is 0 Å². The van der Waals surface area contributed by atoms with Gasteiger partial charge >= 0.3 is 0 Å². The molecule has 1 fully saturated rings. The summed E-state index contributed by atoms with van der Waals surface area (Å²) < 4.78 is 12.9. The van der Waals surface area contributed by atoms with Gasteiger partial charge in [0.1, 0.15) is 5.82 Å². The summed E-state index contributed by atoms with van der Waals surface area (Å²) in [4.78, 5) is 28.7. The molecule has 1 aliphatic heterocycles. The Morgan fingerprint density at radius 1 is 0.909 bits per heavy atom. The number of carbonyl (C=O) groups excluding carboxylic acids is 2. The molecule has 0 saturated carbocycles. The molecule has 1 saturated heterocycles. The molecule has 0 unspecified atom stereocenters. The summed E-state index contributed by atoms with van der Waals surface area (Å²) in [7, 11) is 0. The van der Waals surface area contributed by atoms with Gasteiger partial charge in [-0.2, -0.15) is 0 Å². The first-order valence-electron chi connectivity index (χ1n) is 7.03. The van der Waals surface area contributed by atoms with Gasteiger partial charge in [-0.3, -0.25) is 9.59 Å². The van der Waals surface area contributed by atoms with Crippen LogP contribution in [0.4, 0.5) is 4.39 Å². The second kappa shape index (κ2) is 6.27. The lowest BCUT2D eigenvalue weighted by Crippen LogP contribution is -2.50. The summed E-state index contributed by atoms with van der Waals surface area (Å²) in [6.45, 7) is 2.02. The largest absolute Gasteiger partial charge is 0.335 e. The van der Waals surface area contributed by atoms with Gasteiger partial charge in [-0.15, -0.1) is 11.3 Å². The quantitative estimate of drug-likeness (QED) is 0.853. The summed E-state index contributed by atoms with van der Waals surface area (Å²) in [5.74, 6) is -0.463. The van der Waals surface area contributed by atoms with Crippen LogP contribution in [0.1, 0.15) is 20.0 Å². The van der Waals surface area contributed by atoms with Crippen LogP contribution in [0, 0.1) is 5.82 Å². The average Bonchev–Trinajstić information content (AvgIpc) is 3.09. The maximum Gasteiger partial charge on any atom is 0.264 e. The highest BCUT2D eigenvalue weighted by atomic mass is 32.1. The van der Waals surface area contributed by atoms with Gasteiger partial charge < -0.3 is 9.80 Å². The van der Waals surface area contributed by atoms with E-state index in [1.54, 1.807) is 9.80 Å². The second-order valence-electron chi connectivity index (χ2n) is 5.07. The lowest BCUT2D eigenvalue weighted by Gasteiger charge is -2.34. The first-order chi connectivity index (χ1) is 10.6. The molecule has 1 aromatic carbocycles. The van der Waals surface area contributed by atoms with Crippen LogP contribution in [0.5, 0.6) is 0 Å². The Morgan fingerprint density at radius 2 is 1.50 bits per heavy atom. The minimum absolute atomic E-state index is 0.0175. The number of halogens is 1. The third kappa shape index (κ3) is 3.01. The van der Waals surface area contributed by atoms with Crippen molar-refractivity contribution in [2.24, 2.45) is 0 Å². The maximum atomic E-state index is 12.9. The molecule has 2 heterocycles. The van der Waals surface area contributed by atoms with Crippen molar-refractivity contribution in [2.75, 3.05) is 26.2 Å². The summed E-state index contributed by atoms with van der Waals surface area (Å²) in [6.07, 6.45) is 0. The minimum Gasteiger partial charge on any atom is -0.335 e. The zero-order valence-corrected chi connectivity index (χ0v) is 12.7. The predicted molar refractivity (Wildman–Crippen MR) is 82.5 cm³/mol. The van der Waals surface area contributed by atoms with Crippen molar-refractivity contribution in [3.63, 3.8) is 0 Å². The molecular weight excluding hydrogens is 303 g/mol. The van der Waals surface area contributed by atoms with Crippen molar-refractivity contribution in [2.45, 2.75) is 0 Å². The van der Waals surface area contributed by atoms with E-state index in [0.717, 1.165) is 4.88 Å². The third-order valence-electron chi connectivity index (χ3n) is 3.68. The molecule has 0 radical (unpaired) electrons. The Labute approximate surface area is 131 Å². The van der Waals surface area contributed by atoms with E-state index in [4.69, 9.17) is 0 Å². The molecule has 2 amide bonds. The Morgan fingerprint density at radius 3 is 2.05 bits per heavy atom. The van der Waals surface area contributed by atoms with E-state index in [0.29, 0.717) is 31.7 Å². The normalized spacial score (nSPS) is 15.0. The molecule has 0 bridgehead atoms. The second-order valence-corrected chi connectivity index (χ2v) is 6.02. The van der Waals surface area contributed by atoms with E-state index >= 15 is 0 Å². The van der Waals surface area contributed by atoms with E-state index in [9.17, 15) is 14.0 Å². The van der Waals surface area contributed by atoms with Crippen LogP contribution in [0.3, 0.4) is 0 Å². The molecule has 114 valence electrons. The zero-order chi connectivity index (χ0) is 15.5. The number of rotatable bonds is 2. The average molecular weight is 318 g/mol. The first kappa shape index (κ1) is 14.7. The van der Waals surface area contributed by atoms with E-state index in [-0.39, 0.29) is 17.6 Å². The molecule has 0 aliphatic carbocycles. The Hall–Kier alpha value is -2.21. The highest BCUT2D eigenvalue weighted by Gasteiger charge is 2.25. The number of nitrogens with zero attached hydrogens (tertiary/aromatic N) is 2. The number of hydrogen-bond donors (Lipinski definition) is 0. The van der Waals surface area contributed by atoms with Crippen molar-refractivity contribution >= 4 is 23.2 Å². The van der Waals surface area contributed by atoms with Gasteiger partial charge in [0, 0.05) is 31.7 Å². The maximum absolute atomic E-state index is 12.9. The van der Waals surface area contributed by atoms with Crippen LogP contribution in [0.2, 0.25) is 0 Å². The van der Waals surface area contributed by atoms with Crippen LogP contribution < -0.4 is 0 Å². The first-order valence-corrected chi connectivity index (χ1v) is 7.91. The van der Waals surface area contributed by atoms with E-state index in [2.05, 4.69) is 0 Å². The fourth-order valence-electron chi connectivity index (χ4n) is 2.44. The Kier molecular flexibility index (Phi) is 4.20. The molecule has 2 aromatic rings. The molecule has 4 nitrogen and oxygen atoms in total. The molecule has 0 spiro atoms. The fourth-order valence-corrected chi connectivity index (χ4v) is 3.13. The molecule has 0 N–H and O–H groups in total. The minimum atomic E-state index is -0.358. The number of piperazine rings is 1. The van der Waals surface area contributed by atoms with E-state index < -0.39 is 0 Å². The van der Waals surface area contributed by atoms with Gasteiger partial charge in [-0.05, 0) is 35.7 Å². The lowest BCUT2D eigenvalue weighted by atomic mass is 10.1. The molecule has 1 aromatic heterocycles. The molecule has 1 aliphatic rings. The van der Waals surface area contributed by atoms with Gasteiger partial charge in [0.05, 0.1) is 4.88 Å². The molecule has 22 heavy (non-hydrogen) atoms. The zero-order valence-electron chi connectivity index (χ0n) is 11.9. The highest BCUT2D eigenvalue weighted by Crippen LogP contribution is 2.15. The van der Waals surface area contributed by atoms with Crippen LogP contribution >= 0.6 is 11.3 Å². The standard InChI is InChI=1S/C16H15FN2O2S/c17-13-5-3-12(4-6-13)15(20)18-7-9-19(10-8-18)16(21)14-2-1-11-22-14/h1-6,11H,7-10H2. The van der Waals surface area contributed by atoms with Crippen molar-refractivity contribution < 1.29 is 14.0 Å². The Bertz CT molecular complexity index is 662. The smallest absolute Gasteiger partial charge is 0.264 e. The monoisotopic (exact) mass is 318 g/mol. The predicted octanol–water partition coefficient (Wildman–Crippen LogP) is 2.49. The number of amides is 2. The molecule has 3 rings (SSSR count). The number of benzene rings is 1. The van der Waals surface area contributed by atoms with Crippen LogP contribution in [-0.4, -0.2) is 47.8 Å². The van der Waals surface area contributed by atoms with Gasteiger partial charge in [-0.25, -0.2) is 4.39 Å². The van der Waals surface area contributed by atoms with Crippen LogP contribution in [0.25, 0.3) is 0 Å². The lowest BCUT2D eigenvalue weighted by molar-refractivity contribution is 0.0538.